The van der Waals surface area contributed by atoms with Crippen LogP contribution in [-0.2, 0) is 16.6 Å². The summed E-state index contributed by atoms with van der Waals surface area (Å²) in [5.41, 5.74) is 0. The quantitative estimate of drug-likeness (QED) is 0.807. The predicted octanol–water partition coefficient (Wildman–Crippen LogP) is 3.10. The zero-order chi connectivity index (χ0) is 15.3. The molecule has 1 unspecified atom stereocenters. The summed E-state index contributed by atoms with van der Waals surface area (Å²) < 4.78 is 27.8. The van der Waals surface area contributed by atoms with Gasteiger partial charge in [-0.15, -0.1) is 11.3 Å². The molecular weight excluding hydrogens is 304 g/mol. The lowest BCUT2D eigenvalue weighted by molar-refractivity contribution is 0.303. The molecule has 6 heteroatoms. The maximum absolute atomic E-state index is 12.4. The number of thiophene rings is 1. The van der Waals surface area contributed by atoms with Crippen LogP contribution >= 0.6 is 11.3 Å². The zero-order valence-corrected chi connectivity index (χ0v) is 14.5. The van der Waals surface area contributed by atoms with Crippen LogP contribution in [0.5, 0.6) is 0 Å². The SMILES string of the molecule is CCNCc1cc(S(=O)(=O)NC(C)C2CCCCC2)cs1. The number of hydrogen-bond acceptors (Lipinski definition) is 4. The molecule has 1 saturated carbocycles. The summed E-state index contributed by atoms with van der Waals surface area (Å²) in [6.45, 7) is 5.66. The summed E-state index contributed by atoms with van der Waals surface area (Å²) in [6.07, 6.45) is 6.01. The van der Waals surface area contributed by atoms with Gasteiger partial charge in [0.05, 0.1) is 4.90 Å². The molecule has 2 N–H and O–H groups in total. The van der Waals surface area contributed by atoms with Crippen LogP contribution in [0.2, 0.25) is 0 Å². The molecule has 0 bridgehead atoms. The van der Waals surface area contributed by atoms with Gasteiger partial charge < -0.3 is 5.32 Å². The fourth-order valence-corrected chi connectivity index (χ4v) is 5.44. The minimum atomic E-state index is -3.38. The minimum absolute atomic E-state index is 0.0208. The first-order valence-electron chi connectivity index (χ1n) is 7.83. The maximum atomic E-state index is 12.4. The Bertz CT molecular complexity index is 534. The van der Waals surface area contributed by atoms with E-state index in [0.717, 1.165) is 30.8 Å². The highest BCUT2D eigenvalue weighted by Gasteiger charge is 2.25. The van der Waals surface area contributed by atoms with Gasteiger partial charge in [0, 0.05) is 22.8 Å². The predicted molar refractivity (Wildman–Crippen MR) is 88.1 cm³/mol. The molecule has 0 aliphatic heterocycles. The van der Waals surface area contributed by atoms with Gasteiger partial charge in [-0.1, -0.05) is 26.2 Å². The average molecular weight is 331 g/mol. The molecule has 1 aromatic heterocycles. The van der Waals surface area contributed by atoms with E-state index >= 15 is 0 Å². The van der Waals surface area contributed by atoms with E-state index < -0.39 is 10.0 Å². The molecule has 120 valence electrons. The average Bonchev–Trinajstić information content (AvgIpc) is 2.95. The molecule has 0 aromatic carbocycles. The molecular formula is C15H26N2O2S2. The van der Waals surface area contributed by atoms with Gasteiger partial charge in [-0.25, -0.2) is 13.1 Å². The molecule has 1 heterocycles. The van der Waals surface area contributed by atoms with E-state index in [4.69, 9.17) is 0 Å². The molecule has 1 aromatic rings. The largest absolute Gasteiger partial charge is 0.312 e. The lowest BCUT2D eigenvalue weighted by atomic mass is 9.85. The number of nitrogens with one attached hydrogen (secondary N) is 2. The van der Waals surface area contributed by atoms with Gasteiger partial charge in [0.15, 0.2) is 0 Å². The Kier molecular flexibility index (Phi) is 6.22. The molecule has 4 nitrogen and oxygen atoms in total. The monoisotopic (exact) mass is 330 g/mol. The highest BCUT2D eigenvalue weighted by Crippen LogP contribution is 2.27. The summed E-state index contributed by atoms with van der Waals surface area (Å²) in [5, 5.41) is 4.96. The minimum Gasteiger partial charge on any atom is -0.312 e. The Morgan fingerprint density at radius 1 is 1.33 bits per heavy atom. The van der Waals surface area contributed by atoms with Gasteiger partial charge in [-0.3, -0.25) is 0 Å². The number of sulfonamides is 1. The van der Waals surface area contributed by atoms with Crippen LogP contribution in [0, 0.1) is 5.92 Å². The van der Waals surface area contributed by atoms with Crippen LogP contribution < -0.4 is 10.0 Å². The summed E-state index contributed by atoms with van der Waals surface area (Å²) in [7, 11) is -3.38. The van der Waals surface area contributed by atoms with E-state index in [1.54, 1.807) is 11.4 Å². The van der Waals surface area contributed by atoms with Crippen molar-refractivity contribution in [1.29, 1.82) is 0 Å². The van der Waals surface area contributed by atoms with E-state index in [1.165, 1.54) is 30.6 Å². The highest BCUT2D eigenvalue weighted by molar-refractivity contribution is 7.89. The van der Waals surface area contributed by atoms with Crippen molar-refractivity contribution in [3.8, 4) is 0 Å². The van der Waals surface area contributed by atoms with Crippen molar-refractivity contribution in [3.63, 3.8) is 0 Å². The summed E-state index contributed by atoms with van der Waals surface area (Å²) in [6, 6.07) is 1.80. The number of hydrogen-bond donors (Lipinski definition) is 2. The van der Waals surface area contributed by atoms with Gasteiger partial charge in [0.1, 0.15) is 0 Å². The molecule has 2 rings (SSSR count). The normalized spacial score (nSPS) is 18.8. The Balaban J connectivity index is 1.98. The maximum Gasteiger partial charge on any atom is 0.241 e. The van der Waals surface area contributed by atoms with Gasteiger partial charge in [-0.05, 0) is 38.3 Å². The van der Waals surface area contributed by atoms with Crippen molar-refractivity contribution < 1.29 is 8.42 Å². The fraction of sp³-hybridized carbons (Fsp3) is 0.733. The highest BCUT2D eigenvalue weighted by atomic mass is 32.2. The Labute approximate surface area is 132 Å². The first-order valence-corrected chi connectivity index (χ1v) is 10.2. The molecule has 0 saturated heterocycles. The van der Waals surface area contributed by atoms with Crippen molar-refractivity contribution >= 4 is 21.4 Å². The first-order chi connectivity index (χ1) is 10.0. The van der Waals surface area contributed by atoms with E-state index in [0.29, 0.717) is 10.8 Å². The van der Waals surface area contributed by atoms with E-state index in [9.17, 15) is 8.42 Å². The van der Waals surface area contributed by atoms with Crippen LogP contribution in [-0.4, -0.2) is 21.0 Å². The molecule has 0 amide bonds. The molecule has 1 aliphatic carbocycles. The Morgan fingerprint density at radius 3 is 2.71 bits per heavy atom. The lowest BCUT2D eigenvalue weighted by Gasteiger charge is -2.27. The third-order valence-corrected chi connectivity index (χ3v) is 6.81. The van der Waals surface area contributed by atoms with E-state index in [2.05, 4.69) is 10.0 Å². The fourth-order valence-electron chi connectivity index (χ4n) is 2.89. The van der Waals surface area contributed by atoms with Crippen LogP contribution in [0.4, 0.5) is 0 Å². The first kappa shape index (κ1) is 16.9. The second-order valence-corrected chi connectivity index (χ2v) is 8.55. The van der Waals surface area contributed by atoms with E-state index in [1.807, 2.05) is 13.8 Å². The Morgan fingerprint density at radius 2 is 2.05 bits per heavy atom. The van der Waals surface area contributed by atoms with Crippen LogP contribution in [0.15, 0.2) is 16.3 Å². The third-order valence-electron chi connectivity index (χ3n) is 4.19. The lowest BCUT2D eigenvalue weighted by Crippen LogP contribution is -2.38. The molecule has 1 aliphatic rings. The van der Waals surface area contributed by atoms with Crippen LogP contribution in [0.1, 0.15) is 50.8 Å². The van der Waals surface area contributed by atoms with Crippen molar-refractivity contribution in [1.82, 2.24) is 10.0 Å². The van der Waals surface area contributed by atoms with Crippen molar-refractivity contribution in [2.45, 2.75) is 63.4 Å². The summed E-state index contributed by atoms with van der Waals surface area (Å²) in [4.78, 5) is 1.46. The summed E-state index contributed by atoms with van der Waals surface area (Å²) >= 11 is 1.50. The standard InChI is InChI=1S/C15H26N2O2S2/c1-3-16-10-14-9-15(11-20-14)21(18,19)17-12(2)13-7-5-4-6-8-13/h9,11-13,16-17H,3-8,10H2,1-2H3. The molecule has 1 fully saturated rings. The van der Waals surface area contributed by atoms with Gasteiger partial charge in [-0.2, -0.15) is 0 Å². The van der Waals surface area contributed by atoms with Gasteiger partial charge in [0.25, 0.3) is 0 Å². The van der Waals surface area contributed by atoms with Crippen molar-refractivity contribution in [2.24, 2.45) is 5.92 Å². The van der Waals surface area contributed by atoms with E-state index in [-0.39, 0.29) is 6.04 Å². The zero-order valence-electron chi connectivity index (χ0n) is 12.9. The van der Waals surface area contributed by atoms with Crippen molar-refractivity contribution in [2.75, 3.05) is 6.54 Å². The molecule has 1 atom stereocenters. The van der Waals surface area contributed by atoms with Crippen molar-refractivity contribution in [3.05, 3.63) is 16.3 Å². The summed E-state index contributed by atoms with van der Waals surface area (Å²) in [5.74, 6) is 0.480. The molecule has 0 spiro atoms. The van der Waals surface area contributed by atoms with Crippen LogP contribution in [0.25, 0.3) is 0 Å². The Hall–Kier alpha value is -0.430. The number of rotatable bonds is 7. The second-order valence-electron chi connectivity index (χ2n) is 5.84. The topological polar surface area (TPSA) is 58.2 Å². The van der Waals surface area contributed by atoms with Gasteiger partial charge in [0.2, 0.25) is 10.0 Å². The van der Waals surface area contributed by atoms with Gasteiger partial charge >= 0.3 is 0 Å². The second kappa shape index (κ2) is 7.72. The third kappa shape index (κ3) is 4.77. The molecule has 21 heavy (non-hydrogen) atoms. The smallest absolute Gasteiger partial charge is 0.241 e. The van der Waals surface area contributed by atoms with Crippen LogP contribution in [0.3, 0.4) is 0 Å². The molecule has 0 radical (unpaired) electrons.